The van der Waals surface area contributed by atoms with Gasteiger partial charge in [0, 0.05) is 10.8 Å². The van der Waals surface area contributed by atoms with Gasteiger partial charge in [0.2, 0.25) is 0 Å². The second kappa shape index (κ2) is 6.65. The molecule has 0 unspecified atom stereocenters. The van der Waals surface area contributed by atoms with Crippen molar-refractivity contribution < 1.29 is 0 Å². The van der Waals surface area contributed by atoms with Gasteiger partial charge < -0.3 is 0 Å². The lowest BCUT2D eigenvalue weighted by molar-refractivity contribution is 1.50. The average Bonchev–Trinajstić information content (AvgIpc) is 2.26. The first-order valence-electron chi connectivity index (χ1n) is 4.68. The molecule has 0 saturated carbocycles. The molecule has 0 aliphatic carbocycles. The summed E-state index contributed by atoms with van der Waals surface area (Å²) in [6, 6.07) is 18.6. The zero-order chi connectivity index (χ0) is 9.38. The lowest BCUT2D eigenvalue weighted by Crippen LogP contribution is -1.80. The summed E-state index contributed by atoms with van der Waals surface area (Å²) in [6.45, 7) is 0. The maximum Gasteiger partial charge on any atom is 0.0709 e. The molecule has 17 heavy (non-hydrogen) atoms. The van der Waals surface area contributed by atoms with Gasteiger partial charge in [0.1, 0.15) is 0 Å². The summed E-state index contributed by atoms with van der Waals surface area (Å²) in [4.78, 5) is 4.58. The molecule has 0 saturated heterocycles. The second-order valence-corrected chi connectivity index (χ2v) is 3.37. The Morgan fingerprint density at radius 3 is 1.47 bits per heavy atom. The number of hydrogen-bond donors (Lipinski definition) is 0. The first-order chi connectivity index (χ1) is 6.93. The van der Waals surface area contributed by atoms with Crippen molar-refractivity contribution in [2.24, 2.45) is 0 Å². The molecule has 4 heteroatoms. The van der Waals surface area contributed by atoms with Crippen LogP contribution in [0.25, 0.3) is 21.8 Å². The molecule has 90 valence electrons. The van der Waals surface area contributed by atoms with Gasteiger partial charge >= 0.3 is 0 Å². The van der Waals surface area contributed by atoms with Crippen LogP contribution in [0.4, 0.5) is 0 Å². The summed E-state index contributed by atoms with van der Waals surface area (Å²) < 4.78 is 0. The SMILES string of the molecule is Cl.Cl.Cl.c1ccc2nc3ccccc3cc2c1. The van der Waals surface area contributed by atoms with E-state index in [1.54, 1.807) is 0 Å². The molecule has 0 N–H and O–H groups in total. The van der Waals surface area contributed by atoms with E-state index in [0.717, 1.165) is 11.0 Å². The molecule has 3 rings (SSSR count). The Bertz CT molecular complexity index is 505. The summed E-state index contributed by atoms with van der Waals surface area (Å²) in [5, 5.41) is 2.40. The van der Waals surface area contributed by atoms with E-state index < -0.39 is 0 Å². The van der Waals surface area contributed by atoms with Gasteiger partial charge in [-0.1, -0.05) is 36.4 Å². The molecule has 1 nitrogen and oxygen atoms in total. The van der Waals surface area contributed by atoms with E-state index in [2.05, 4.69) is 23.2 Å². The monoisotopic (exact) mass is 287 g/mol. The van der Waals surface area contributed by atoms with Gasteiger partial charge in [0.05, 0.1) is 11.0 Å². The number of rotatable bonds is 0. The lowest BCUT2D eigenvalue weighted by Gasteiger charge is -1.99. The number of para-hydroxylation sites is 2. The van der Waals surface area contributed by atoms with Crippen LogP contribution in [0.3, 0.4) is 0 Å². The van der Waals surface area contributed by atoms with Crippen LogP contribution in [-0.2, 0) is 0 Å². The first-order valence-corrected chi connectivity index (χ1v) is 4.68. The van der Waals surface area contributed by atoms with Crippen molar-refractivity contribution >= 4 is 59.0 Å². The van der Waals surface area contributed by atoms with Gasteiger partial charge in [0.15, 0.2) is 0 Å². The van der Waals surface area contributed by atoms with E-state index in [9.17, 15) is 0 Å². The van der Waals surface area contributed by atoms with Gasteiger partial charge in [-0.05, 0) is 18.2 Å². The van der Waals surface area contributed by atoms with Crippen molar-refractivity contribution in [1.82, 2.24) is 4.98 Å². The predicted molar refractivity (Wildman–Crippen MR) is 81.0 cm³/mol. The number of halogens is 3. The third kappa shape index (κ3) is 3.01. The number of benzene rings is 2. The molecule has 2 aromatic carbocycles. The molecule has 0 fully saturated rings. The maximum atomic E-state index is 4.58. The molecule has 1 heterocycles. The third-order valence-corrected chi connectivity index (χ3v) is 2.43. The van der Waals surface area contributed by atoms with Crippen molar-refractivity contribution in [3.05, 3.63) is 54.6 Å². The Hall–Kier alpha value is -1.02. The van der Waals surface area contributed by atoms with Crippen LogP contribution in [0.2, 0.25) is 0 Å². The molecule has 1 aromatic heterocycles. The second-order valence-electron chi connectivity index (χ2n) is 3.37. The predicted octanol–water partition coefficient (Wildman–Crippen LogP) is 4.65. The van der Waals surface area contributed by atoms with Gasteiger partial charge in [-0.3, -0.25) is 0 Å². The molecule has 0 spiro atoms. The molecule has 0 aliphatic rings. The highest BCUT2D eigenvalue weighted by Crippen LogP contribution is 2.18. The van der Waals surface area contributed by atoms with E-state index in [0.29, 0.717) is 0 Å². The topological polar surface area (TPSA) is 12.9 Å². The van der Waals surface area contributed by atoms with E-state index in [4.69, 9.17) is 0 Å². The number of aromatic nitrogens is 1. The Balaban J connectivity index is 0.000000853. The third-order valence-electron chi connectivity index (χ3n) is 2.43. The molecule has 0 amide bonds. The molecule has 0 aliphatic heterocycles. The smallest absolute Gasteiger partial charge is 0.0709 e. The van der Waals surface area contributed by atoms with Crippen molar-refractivity contribution in [3.63, 3.8) is 0 Å². The normalized spacial score (nSPS) is 8.94. The highest BCUT2D eigenvalue weighted by Gasteiger charge is 1.96. The van der Waals surface area contributed by atoms with Gasteiger partial charge in [-0.15, -0.1) is 37.2 Å². The minimum atomic E-state index is 0. The largest absolute Gasteiger partial charge is 0.248 e. The van der Waals surface area contributed by atoms with Crippen LogP contribution in [-0.4, -0.2) is 4.98 Å². The minimum Gasteiger partial charge on any atom is -0.248 e. The summed E-state index contributed by atoms with van der Waals surface area (Å²) in [5.41, 5.74) is 2.12. The van der Waals surface area contributed by atoms with Crippen LogP contribution >= 0.6 is 37.2 Å². The number of fused-ring (bicyclic) bond motifs is 2. The van der Waals surface area contributed by atoms with E-state index >= 15 is 0 Å². The summed E-state index contributed by atoms with van der Waals surface area (Å²) >= 11 is 0. The number of pyridine rings is 1. The number of hydrogen-bond acceptors (Lipinski definition) is 1. The van der Waals surface area contributed by atoms with Gasteiger partial charge in [-0.25, -0.2) is 4.98 Å². The molecule has 0 bridgehead atoms. The summed E-state index contributed by atoms with van der Waals surface area (Å²) in [7, 11) is 0. The van der Waals surface area contributed by atoms with E-state index in [-0.39, 0.29) is 37.2 Å². The fourth-order valence-corrected chi connectivity index (χ4v) is 1.72. The zero-order valence-electron chi connectivity index (χ0n) is 8.87. The van der Waals surface area contributed by atoms with Crippen molar-refractivity contribution in [3.8, 4) is 0 Å². The number of nitrogens with zero attached hydrogens (tertiary/aromatic N) is 1. The van der Waals surface area contributed by atoms with Gasteiger partial charge in [0.25, 0.3) is 0 Å². The van der Waals surface area contributed by atoms with Crippen LogP contribution < -0.4 is 0 Å². The molecular formula is C13H12Cl3N. The maximum absolute atomic E-state index is 4.58. The lowest BCUT2D eigenvalue weighted by atomic mass is 10.1. The van der Waals surface area contributed by atoms with Crippen LogP contribution in [0.15, 0.2) is 54.6 Å². The van der Waals surface area contributed by atoms with Crippen LogP contribution in [0, 0.1) is 0 Å². The van der Waals surface area contributed by atoms with Crippen molar-refractivity contribution in [2.75, 3.05) is 0 Å². The van der Waals surface area contributed by atoms with Crippen molar-refractivity contribution in [2.45, 2.75) is 0 Å². The highest BCUT2D eigenvalue weighted by atomic mass is 35.5. The molecule has 0 atom stereocenters. The Kier molecular flexibility index (Phi) is 6.25. The summed E-state index contributed by atoms with van der Waals surface area (Å²) in [5.74, 6) is 0. The molecular weight excluding hydrogens is 277 g/mol. The van der Waals surface area contributed by atoms with E-state index in [1.165, 1.54) is 10.8 Å². The van der Waals surface area contributed by atoms with Crippen LogP contribution in [0.5, 0.6) is 0 Å². The Morgan fingerprint density at radius 1 is 0.588 bits per heavy atom. The zero-order valence-corrected chi connectivity index (χ0v) is 11.3. The minimum absolute atomic E-state index is 0. The molecule has 3 aromatic rings. The fraction of sp³-hybridized carbons (Fsp3) is 0. The first kappa shape index (κ1) is 16.0. The molecule has 0 radical (unpaired) electrons. The Morgan fingerprint density at radius 2 is 1.00 bits per heavy atom. The summed E-state index contributed by atoms with van der Waals surface area (Å²) in [6.07, 6.45) is 0. The standard InChI is InChI=1S/C13H9N.3ClH/c1-3-7-12-10(5-1)9-11-6-2-4-8-13(11)14-12;;;/h1-9H;3*1H. The quantitative estimate of drug-likeness (QED) is 0.549. The van der Waals surface area contributed by atoms with E-state index in [1.807, 2.05) is 36.4 Å². The van der Waals surface area contributed by atoms with Crippen LogP contribution in [0.1, 0.15) is 0 Å². The van der Waals surface area contributed by atoms with Gasteiger partial charge in [-0.2, -0.15) is 0 Å². The fourth-order valence-electron chi connectivity index (χ4n) is 1.72. The average molecular weight is 289 g/mol. The highest BCUT2D eigenvalue weighted by molar-refractivity contribution is 5.92. The Labute approximate surface area is 118 Å². The van der Waals surface area contributed by atoms with Crippen molar-refractivity contribution in [1.29, 1.82) is 0 Å².